The number of aliphatic hydroxyl groups is 1. The zero-order valence-corrected chi connectivity index (χ0v) is 55.4. The first-order valence-corrected chi connectivity index (χ1v) is 31.0. The number of nitrogens with one attached hydrogen (secondary N) is 3. The van der Waals surface area contributed by atoms with Crippen LogP contribution in [-0.4, -0.2) is 164 Å². The predicted molar refractivity (Wildman–Crippen MR) is 334 cm³/mol. The molecule has 2 rings (SSSR count). The molecule has 1 fully saturated rings. The number of unbranched alkanes of at least 4 members (excludes halogenated alkanes) is 1. The van der Waals surface area contributed by atoms with Crippen LogP contribution in [0, 0.1) is 35.5 Å². The number of allylic oxidation sites excluding steroid dienone is 1. The molecule has 11 unspecified atom stereocenters. The Morgan fingerprint density at radius 1 is 0.821 bits per heavy atom. The van der Waals surface area contributed by atoms with Gasteiger partial charge < -0.3 is 60.3 Å². The van der Waals surface area contributed by atoms with Crippen molar-refractivity contribution in [3.63, 3.8) is 0 Å². The van der Waals surface area contributed by atoms with Crippen LogP contribution in [0.15, 0.2) is 42.7 Å². The lowest BCUT2D eigenvalue weighted by atomic mass is 9.89. The first kappa shape index (κ1) is 79.0. The zero-order chi connectivity index (χ0) is 64.4. The maximum atomic E-state index is 14.6. The summed E-state index contributed by atoms with van der Waals surface area (Å²) in [6.45, 7) is 33.5. The summed E-state index contributed by atoms with van der Waals surface area (Å²) < 4.78 is 23.0. The number of nitrogens with zero attached hydrogens (tertiary/aromatic N) is 3. The number of ether oxygens (including phenoxy) is 4. The number of aliphatic hydroxyl groups excluding tert-OH is 1. The summed E-state index contributed by atoms with van der Waals surface area (Å²) in [4.78, 5) is 95.6. The average molecular weight is 1190 g/mol. The predicted octanol–water partition coefficient (Wildman–Crippen LogP) is 9.39. The van der Waals surface area contributed by atoms with Crippen LogP contribution in [0.5, 0.6) is 0 Å². The van der Waals surface area contributed by atoms with E-state index in [-0.39, 0.29) is 65.4 Å². The molecule has 0 radical (unpaired) electrons. The van der Waals surface area contributed by atoms with Crippen LogP contribution in [0.25, 0.3) is 0 Å². The van der Waals surface area contributed by atoms with Crippen molar-refractivity contribution >= 4 is 42.4 Å². The van der Waals surface area contributed by atoms with Crippen LogP contribution in [-0.2, 0) is 47.7 Å². The summed E-state index contributed by atoms with van der Waals surface area (Å²) in [7, 11) is 6.22. The standard InChI is InChI=1S/C55H95N7O10.C9H20O.CH2O/c1-15-25-42(52(66)57-31-22-20-26-38(8)56)29-21-23-33-72-55(69)61(12)47(36(5)6)53(67)59-46(35(3)4)54(68)60(11)48(37(7)16-2)44(70-13)34-45(63)62-32-24-30-43(62)50(71-14)39(9)51(65)58-40(10)49(64)41-27-18-17-19-28-41;1-8(2)6-7-10-9(3,4)5;1-2/h17-19,23,27-28,33,35-40,42-44,46-50,64H,15-16,20-22,24-26,29-32,34,56H2,1-14H3,(H,57,66)(H,58,65)(H,59,67);8H,6-7H2,1-5H3;1H2/b33-23+;;/t37?,38?,39?,40?,42?,43?,44?,46-,47?,48?,49?,50?;;/m0../s1. The second-order valence-corrected chi connectivity index (χ2v) is 25.0. The van der Waals surface area contributed by atoms with Crippen molar-refractivity contribution in [2.75, 3.05) is 48.0 Å². The van der Waals surface area contributed by atoms with E-state index in [9.17, 15) is 33.9 Å². The van der Waals surface area contributed by atoms with Gasteiger partial charge in [-0.2, -0.15) is 0 Å². The van der Waals surface area contributed by atoms with Gasteiger partial charge in [-0.1, -0.05) is 119 Å². The molecule has 84 heavy (non-hydrogen) atoms. The van der Waals surface area contributed by atoms with Crippen LogP contribution in [0.1, 0.15) is 193 Å². The summed E-state index contributed by atoms with van der Waals surface area (Å²) in [5, 5.41) is 19.9. The number of likely N-dealkylation sites (tertiary alicyclic amines) is 1. The third kappa shape index (κ3) is 28.5. The Hall–Kier alpha value is -4.95. The molecule has 6 amide bonds. The fourth-order valence-electron chi connectivity index (χ4n) is 10.5. The lowest BCUT2D eigenvalue weighted by molar-refractivity contribution is -0.148. The van der Waals surface area contributed by atoms with E-state index >= 15 is 0 Å². The second kappa shape index (κ2) is 42.0. The number of carbonyl (C=O) groups excluding carboxylic acids is 7. The number of benzene rings is 1. The van der Waals surface area contributed by atoms with Crippen LogP contribution in [0.4, 0.5) is 4.79 Å². The summed E-state index contributed by atoms with van der Waals surface area (Å²) in [6, 6.07) is 5.77. The number of hydrogen-bond donors (Lipinski definition) is 5. The van der Waals surface area contributed by atoms with Crippen LogP contribution < -0.4 is 21.7 Å². The highest BCUT2D eigenvalue weighted by Gasteiger charge is 2.44. The molecule has 19 heteroatoms. The molecule has 0 aromatic heterocycles. The molecule has 484 valence electrons. The zero-order valence-electron chi connectivity index (χ0n) is 55.4. The summed E-state index contributed by atoms with van der Waals surface area (Å²) in [6.07, 6.45) is 8.60. The number of nitrogens with two attached hydrogens (primary N) is 1. The van der Waals surface area contributed by atoms with Gasteiger partial charge in [0.15, 0.2) is 0 Å². The van der Waals surface area contributed by atoms with Gasteiger partial charge in [-0.3, -0.25) is 28.9 Å². The Kier molecular flexibility index (Phi) is 39.5. The van der Waals surface area contributed by atoms with Crippen LogP contribution >= 0.6 is 0 Å². The Morgan fingerprint density at radius 3 is 1.98 bits per heavy atom. The monoisotopic (exact) mass is 1190 g/mol. The molecule has 1 aliphatic heterocycles. The summed E-state index contributed by atoms with van der Waals surface area (Å²) >= 11 is 0. The number of rotatable bonds is 35. The van der Waals surface area contributed by atoms with E-state index < -0.39 is 66.4 Å². The minimum atomic E-state index is -0.981. The molecule has 1 saturated heterocycles. The maximum Gasteiger partial charge on any atom is 0.415 e. The Morgan fingerprint density at radius 2 is 1.45 bits per heavy atom. The molecule has 1 aliphatic rings. The molecule has 1 heterocycles. The van der Waals surface area contributed by atoms with Gasteiger partial charge in [0, 0.05) is 60.0 Å². The van der Waals surface area contributed by atoms with Gasteiger partial charge in [0.05, 0.1) is 60.6 Å². The molecule has 1 aromatic carbocycles. The molecule has 0 saturated carbocycles. The lowest BCUT2D eigenvalue weighted by Crippen LogP contribution is -2.60. The van der Waals surface area contributed by atoms with E-state index in [2.05, 4.69) is 50.6 Å². The smallest absolute Gasteiger partial charge is 0.415 e. The van der Waals surface area contributed by atoms with E-state index in [0.717, 1.165) is 51.0 Å². The van der Waals surface area contributed by atoms with E-state index in [1.165, 1.54) is 32.4 Å². The Labute approximate surface area is 507 Å². The van der Waals surface area contributed by atoms with Gasteiger partial charge in [0.1, 0.15) is 18.9 Å². The molecule has 19 nitrogen and oxygen atoms in total. The van der Waals surface area contributed by atoms with Crippen molar-refractivity contribution in [1.29, 1.82) is 0 Å². The minimum Gasteiger partial charge on any atom is -0.418 e. The van der Waals surface area contributed by atoms with Gasteiger partial charge in [-0.05, 0) is 121 Å². The summed E-state index contributed by atoms with van der Waals surface area (Å²) in [5.41, 5.74) is 6.56. The Balaban J connectivity index is 0.00000516. The maximum absolute atomic E-state index is 14.6. The summed E-state index contributed by atoms with van der Waals surface area (Å²) in [5.74, 6) is -2.23. The molecular formula is C65H117N7O12. The molecular weight excluding hydrogens is 1070 g/mol. The molecule has 0 aliphatic carbocycles. The third-order valence-corrected chi connectivity index (χ3v) is 15.6. The fraction of sp³-hybridized carbons (Fsp3) is 0.769. The highest BCUT2D eigenvalue weighted by Crippen LogP contribution is 2.30. The van der Waals surface area contributed by atoms with E-state index in [0.29, 0.717) is 50.8 Å². The molecule has 12 atom stereocenters. The Bertz CT molecular complexity index is 2050. The van der Waals surface area contributed by atoms with Gasteiger partial charge in [-0.25, -0.2) is 4.79 Å². The minimum absolute atomic E-state index is 0.0215. The SMILES string of the molecule is C=O.CC(C)CCOC(C)(C)C.CCCC(CC/C=C/OC(=O)N(C)C(C(=O)N[C@H](C(=O)N(C)C(C(C)CC)C(CC(=O)N1CCCC1C(OC)C(C)C(=O)NC(C)C(O)c1ccccc1)OC)C(C)C)C(C)C)C(=O)NCCCCC(C)N. The number of methoxy groups -OCH3 is 2. The first-order chi connectivity index (χ1) is 39.5. The van der Waals surface area contributed by atoms with Crippen LogP contribution in [0.3, 0.4) is 0 Å². The van der Waals surface area contributed by atoms with Crippen LogP contribution in [0.2, 0.25) is 0 Å². The molecule has 0 bridgehead atoms. The average Bonchev–Trinajstić information content (AvgIpc) is 4.07. The number of hydrogen-bond acceptors (Lipinski definition) is 13. The molecule has 6 N–H and O–H groups in total. The fourth-order valence-corrected chi connectivity index (χ4v) is 10.5. The first-order valence-electron chi connectivity index (χ1n) is 31.0. The van der Waals surface area contributed by atoms with Gasteiger partial charge in [0.25, 0.3) is 0 Å². The second-order valence-electron chi connectivity index (χ2n) is 25.0. The van der Waals surface area contributed by atoms with E-state index in [4.69, 9.17) is 29.5 Å². The van der Waals surface area contributed by atoms with Crippen molar-refractivity contribution in [3.05, 3.63) is 48.2 Å². The molecule has 1 aromatic rings. The quantitative estimate of drug-likeness (QED) is 0.0314. The van der Waals surface area contributed by atoms with Crippen molar-refractivity contribution < 1.29 is 57.6 Å². The van der Waals surface area contributed by atoms with Crippen molar-refractivity contribution in [2.24, 2.45) is 41.2 Å². The number of amides is 6. The van der Waals surface area contributed by atoms with E-state index in [1.807, 2.05) is 80.4 Å². The van der Waals surface area contributed by atoms with Gasteiger partial charge >= 0.3 is 6.09 Å². The largest absolute Gasteiger partial charge is 0.418 e. The third-order valence-electron chi connectivity index (χ3n) is 15.6. The number of likely N-dealkylation sites (N-methyl/N-ethyl adjacent to an activating group) is 2. The van der Waals surface area contributed by atoms with Gasteiger partial charge in [-0.15, -0.1) is 0 Å². The normalized spacial score (nSPS) is 17.4. The van der Waals surface area contributed by atoms with Gasteiger partial charge in [0.2, 0.25) is 29.5 Å². The lowest BCUT2D eigenvalue weighted by Gasteiger charge is -2.41. The highest BCUT2D eigenvalue weighted by molar-refractivity contribution is 5.92. The number of carbonyl (C=O) groups is 7. The highest BCUT2D eigenvalue weighted by atomic mass is 16.5. The van der Waals surface area contributed by atoms with Crippen molar-refractivity contribution in [2.45, 2.75) is 241 Å². The van der Waals surface area contributed by atoms with Crippen molar-refractivity contribution in [3.8, 4) is 0 Å². The van der Waals surface area contributed by atoms with Crippen molar-refractivity contribution in [1.82, 2.24) is 30.7 Å². The van der Waals surface area contributed by atoms with E-state index in [1.54, 1.807) is 48.9 Å². The topological polar surface area (TPSA) is 248 Å². The molecule has 0 spiro atoms.